The second-order valence-corrected chi connectivity index (χ2v) is 8.26. The van der Waals surface area contributed by atoms with Crippen molar-refractivity contribution in [3.63, 3.8) is 0 Å². The molecule has 1 aliphatic carbocycles. The summed E-state index contributed by atoms with van der Waals surface area (Å²) in [5.74, 6) is 2.72. The molecule has 0 bridgehead atoms. The van der Waals surface area contributed by atoms with E-state index in [4.69, 9.17) is 4.74 Å². The molecule has 0 N–H and O–H groups in total. The lowest BCUT2D eigenvalue weighted by Gasteiger charge is -2.36. The summed E-state index contributed by atoms with van der Waals surface area (Å²) in [6.45, 7) is 9.19. The molecular weight excluding hydrogens is 360 g/mol. The number of imidazole rings is 1. The normalized spacial score (nSPS) is 22.7. The lowest BCUT2D eigenvalue weighted by atomic mass is 9.75. The number of hydrogen-bond donors (Lipinski definition) is 0. The smallest absolute Gasteiger partial charge is 0.348 e. The van der Waals surface area contributed by atoms with Gasteiger partial charge >= 0.3 is 5.97 Å². The molecule has 150 valence electrons. The second-order valence-electron chi connectivity index (χ2n) is 8.26. The molecule has 0 saturated heterocycles. The maximum atomic E-state index is 12.8. The van der Waals surface area contributed by atoms with E-state index in [2.05, 4.69) is 56.0 Å². The zero-order valence-electron chi connectivity index (χ0n) is 17.2. The molecule has 1 aromatic carbocycles. The van der Waals surface area contributed by atoms with Crippen LogP contribution in [0.25, 0.3) is 11.0 Å². The molecule has 0 unspecified atom stereocenters. The SMILES string of the molecule is CCc1n(CC(=O)O[C@H]2C[C@@H](C)CC[C@@H]2C(C)C)c2ccccc2[n+]1C.[Cl-]. The van der Waals surface area contributed by atoms with Crippen LogP contribution in [0.2, 0.25) is 0 Å². The number of carbonyl (C=O) groups excluding carboxylic acids is 1. The average Bonchev–Trinajstić information content (AvgIpc) is 2.86. The van der Waals surface area contributed by atoms with Crippen LogP contribution in [-0.4, -0.2) is 16.6 Å². The minimum atomic E-state index is -0.106. The first-order valence-corrected chi connectivity index (χ1v) is 10.1. The number of rotatable bonds is 5. The maximum absolute atomic E-state index is 12.8. The zero-order chi connectivity index (χ0) is 18.8. The quantitative estimate of drug-likeness (QED) is 0.563. The van der Waals surface area contributed by atoms with Crippen LogP contribution in [0.15, 0.2) is 24.3 Å². The van der Waals surface area contributed by atoms with Gasteiger partial charge in [0.05, 0.1) is 7.05 Å². The van der Waals surface area contributed by atoms with Crippen LogP contribution < -0.4 is 17.0 Å². The summed E-state index contributed by atoms with van der Waals surface area (Å²) >= 11 is 0. The first kappa shape index (κ1) is 21.7. The fourth-order valence-corrected chi connectivity index (χ4v) is 4.63. The van der Waals surface area contributed by atoms with Crippen molar-refractivity contribution >= 4 is 17.0 Å². The fraction of sp³-hybridized carbons (Fsp3) is 0.636. The van der Waals surface area contributed by atoms with Gasteiger partial charge in [-0.05, 0) is 42.7 Å². The number of para-hydroxylation sites is 2. The summed E-state index contributed by atoms with van der Waals surface area (Å²) in [5.41, 5.74) is 2.25. The number of carbonyl (C=O) groups is 1. The summed E-state index contributed by atoms with van der Waals surface area (Å²) < 4.78 is 10.3. The van der Waals surface area contributed by atoms with Crippen LogP contribution in [-0.2, 0) is 29.5 Å². The lowest BCUT2D eigenvalue weighted by molar-refractivity contribution is -0.653. The average molecular weight is 393 g/mol. The highest BCUT2D eigenvalue weighted by atomic mass is 35.5. The van der Waals surface area contributed by atoms with E-state index in [1.807, 2.05) is 12.1 Å². The van der Waals surface area contributed by atoms with Crippen LogP contribution in [0, 0.1) is 17.8 Å². The molecule has 5 heteroatoms. The van der Waals surface area contributed by atoms with E-state index in [0.717, 1.165) is 29.7 Å². The Morgan fingerprint density at radius 3 is 2.67 bits per heavy atom. The Hall–Kier alpha value is -1.55. The molecule has 1 aromatic heterocycles. The number of ether oxygens (including phenoxy) is 1. The van der Waals surface area contributed by atoms with Crippen molar-refractivity contribution in [1.82, 2.24) is 4.57 Å². The molecular formula is C22H33ClN2O2. The third-order valence-electron chi connectivity index (χ3n) is 6.08. The van der Waals surface area contributed by atoms with Gasteiger partial charge in [-0.25, -0.2) is 13.9 Å². The van der Waals surface area contributed by atoms with Crippen LogP contribution in [0.4, 0.5) is 0 Å². The van der Waals surface area contributed by atoms with E-state index < -0.39 is 0 Å². The fourth-order valence-electron chi connectivity index (χ4n) is 4.63. The minimum Gasteiger partial charge on any atom is -1.00 e. The van der Waals surface area contributed by atoms with Crippen molar-refractivity contribution in [2.24, 2.45) is 24.8 Å². The number of halogens is 1. The van der Waals surface area contributed by atoms with E-state index >= 15 is 0 Å². The predicted octanol–water partition coefficient (Wildman–Crippen LogP) is 1.04. The monoisotopic (exact) mass is 392 g/mol. The summed E-state index contributed by atoms with van der Waals surface area (Å²) in [7, 11) is 2.07. The van der Waals surface area contributed by atoms with Crippen molar-refractivity contribution in [3.05, 3.63) is 30.1 Å². The predicted molar refractivity (Wildman–Crippen MR) is 104 cm³/mol. The van der Waals surface area contributed by atoms with Gasteiger partial charge in [-0.2, -0.15) is 0 Å². The van der Waals surface area contributed by atoms with Crippen LogP contribution in [0.3, 0.4) is 0 Å². The summed E-state index contributed by atoms with van der Waals surface area (Å²) in [4.78, 5) is 12.8. The summed E-state index contributed by atoms with van der Waals surface area (Å²) in [5, 5.41) is 0. The molecule has 1 fully saturated rings. The third kappa shape index (κ3) is 4.48. The van der Waals surface area contributed by atoms with E-state index in [0.29, 0.717) is 24.3 Å². The molecule has 4 nitrogen and oxygen atoms in total. The van der Waals surface area contributed by atoms with Crippen molar-refractivity contribution in [2.75, 3.05) is 0 Å². The topological polar surface area (TPSA) is 35.1 Å². The molecule has 3 rings (SSSR count). The standard InChI is InChI=1S/C22H33N2O2.ClH/c1-6-21-23(5)18-9-7-8-10-19(18)24(21)14-22(25)26-20-13-16(4)11-12-17(20)15(2)3;/h7-10,15-17,20H,6,11-14H2,1-5H3;1H/q+1;/p-1/t16-,17+,20-;/m0./s1. The molecule has 0 spiro atoms. The van der Waals surface area contributed by atoms with Crippen molar-refractivity contribution in [3.8, 4) is 0 Å². The Bertz CT molecular complexity index is 784. The Balaban J connectivity index is 0.00000261. The molecule has 1 aliphatic rings. The van der Waals surface area contributed by atoms with Gasteiger partial charge in [0.1, 0.15) is 6.10 Å². The Kier molecular flexibility index (Phi) is 7.32. The molecule has 27 heavy (non-hydrogen) atoms. The van der Waals surface area contributed by atoms with Crippen molar-refractivity contribution in [2.45, 2.75) is 66.0 Å². The molecule has 1 saturated carbocycles. The van der Waals surface area contributed by atoms with Crippen molar-refractivity contribution in [1.29, 1.82) is 0 Å². The molecule has 1 heterocycles. The van der Waals surface area contributed by atoms with Crippen LogP contribution in [0.5, 0.6) is 0 Å². The number of aromatic nitrogens is 2. The van der Waals surface area contributed by atoms with E-state index in [-0.39, 0.29) is 24.5 Å². The number of aryl methyl sites for hydroxylation is 1. The third-order valence-corrected chi connectivity index (χ3v) is 6.08. The van der Waals surface area contributed by atoms with Gasteiger partial charge in [-0.15, -0.1) is 0 Å². The number of fused-ring (bicyclic) bond motifs is 1. The number of benzene rings is 1. The van der Waals surface area contributed by atoms with Gasteiger partial charge in [0, 0.05) is 6.42 Å². The number of esters is 1. The molecule has 0 aliphatic heterocycles. The van der Waals surface area contributed by atoms with E-state index in [9.17, 15) is 4.79 Å². The van der Waals surface area contributed by atoms with Gasteiger partial charge in [0.15, 0.2) is 17.6 Å². The summed E-state index contributed by atoms with van der Waals surface area (Å²) in [6.07, 6.45) is 4.35. The van der Waals surface area contributed by atoms with Gasteiger partial charge in [0.2, 0.25) is 0 Å². The molecule has 0 amide bonds. The van der Waals surface area contributed by atoms with E-state index in [1.165, 1.54) is 12.8 Å². The Labute approximate surface area is 169 Å². The molecule has 2 aromatic rings. The number of hydrogen-bond acceptors (Lipinski definition) is 2. The molecule has 3 atom stereocenters. The Morgan fingerprint density at radius 2 is 2.00 bits per heavy atom. The highest BCUT2D eigenvalue weighted by molar-refractivity contribution is 5.76. The highest BCUT2D eigenvalue weighted by Crippen LogP contribution is 2.35. The minimum absolute atomic E-state index is 0. The van der Waals surface area contributed by atoms with Gasteiger partial charge in [-0.1, -0.05) is 46.2 Å². The number of nitrogens with zero attached hydrogens (tertiary/aromatic N) is 2. The first-order chi connectivity index (χ1) is 12.4. The van der Waals surface area contributed by atoms with Gasteiger partial charge in [-0.3, -0.25) is 0 Å². The zero-order valence-corrected chi connectivity index (χ0v) is 18.0. The highest BCUT2D eigenvalue weighted by Gasteiger charge is 2.34. The van der Waals surface area contributed by atoms with Crippen LogP contribution >= 0.6 is 0 Å². The summed E-state index contributed by atoms with van der Waals surface area (Å²) in [6, 6.07) is 8.26. The van der Waals surface area contributed by atoms with Crippen molar-refractivity contribution < 1.29 is 26.5 Å². The van der Waals surface area contributed by atoms with Crippen LogP contribution in [0.1, 0.15) is 52.8 Å². The second kappa shape index (κ2) is 9.09. The Morgan fingerprint density at radius 1 is 1.30 bits per heavy atom. The maximum Gasteiger partial charge on any atom is 0.348 e. The lowest BCUT2D eigenvalue weighted by Crippen LogP contribution is -3.00. The molecule has 0 radical (unpaired) electrons. The first-order valence-electron chi connectivity index (χ1n) is 10.1. The largest absolute Gasteiger partial charge is 1.00 e. The van der Waals surface area contributed by atoms with Gasteiger partial charge in [0.25, 0.3) is 5.82 Å². The van der Waals surface area contributed by atoms with E-state index in [1.54, 1.807) is 0 Å². The van der Waals surface area contributed by atoms with Gasteiger partial charge < -0.3 is 17.1 Å².